The van der Waals surface area contributed by atoms with Gasteiger partial charge in [-0.15, -0.1) is 11.3 Å². The number of ether oxygens (including phenoxy) is 2. The number of rotatable bonds is 5. The molecule has 2 aromatic carbocycles. The summed E-state index contributed by atoms with van der Waals surface area (Å²) in [7, 11) is 0. The van der Waals surface area contributed by atoms with Gasteiger partial charge in [0.05, 0.1) is 27.9 Å². The predicted molar refractivity (Wildman–Crippen MR) is 127 cm³/mol. The quantitative estimate of drug-likeness (QED) is 0.531. The van der Waals surface area contributed by atoms with Crippen LogP contribution in [0.2, 0.25) is 0 Å². The molecule has 0 saturated heterocycles. The highest BCUT2D eigenvalue weighted by atomic mass is 32.1. The first-order valence-electron chi connectivity index (χ1n) is 10.3. The summed E-state index contributed by atoms with van der Waals surface area (Å²) in [5.41, 5.74) is 1.45. The standard InChI is InChI=1S/C24H23N3O5S/c1-24(2,3)32-19(29)13-31-23(30)14-8-10-15(11-9-14)27-12-17(28)20(21(27)25)22-26-16-6-4-5-7-18(16)33-22/h4-11,25,28H,12-13H2,1-3H3. The van der Waals surface area contributed by atoms with Crippen molar-refractivity contribution in [1.29, 1.82) is 5.41 Å². The Balaban J connectivity index is 1.43. The number of benzene rings is 2. The van der Waals surface area contributed by atoms with Crippen LogP contribution in [0.5, 0.6) is 0 Å². The van der Waals surface area contributed by atoms with Crippen LogP contribution in [0.3, 0.4) is 0 Å². The van der Waals surface area contributed by atoms with E-state index in [4.69, 9.17) is 14.9 Å². The van der Waals surface area contributed by atoms with Crippen LogP contribution in [-0.4, -0.2) is 46.6 Å². The molecule has 0 unspecified atom stereocenters. The zero-order chi connectivity index (χ0) is 23.8. The molecule has 9 heteroatoms. The minimum Gasteiger partial charge on any atom is -0.510 e. The van der Waals surface area contributed by atoms with E-state index in [1.807, 2.05) is 24.3 Å². The van der Waals surface area contributed by atoms with Crippen molar-refractivity contribution in [1.82, 2.24) is 4.98 Å². The first kappa shape index (κ1) is 22.5. The average molecular weight is 466 g/mol. The number of anilines is 1. The van der Waals surface area contributed by atoms with Crippen LogP contribution >= 0.6 is 11.3 Å². The number of nitrogens with zero attached hydrogens (tertiary/aromatic N) is 2. The molecular weight excluding hydrogens is 442 g/mol. The number of thiazole rings is 1. The third kappa shape index (κ3) is 4.88. The molecule has 1 aromatic heterocycles. The number of carbonyl (C=O) groups excluding carboxylic acids is 2. The van der Waals surface area contributed by atoms with E-state index in [2.05, 4.69) is 4.98 Å². The Morgan fingerprint density at radius 1 is 1.15 bits per heavy atom. The Hall–Kier alpha value is -3.72. The van der Waals surface area contributed by atoms with Crippen molar-refractivity contribution in [2.75, 3.05) is 18.1 Å². The first-order valence-corrected chi connectivity index (χ1v) is 11.1. The summed E-state index contributed by atoms with van der Waals surface area (Å²) in [6.45, 7) is 4.85. The SMILES string of the molecule is CC(C)(C)OC(=O)COC(=O)c1ccc(N2CC(O)=C(c3nc4ccccc4s3)C2=N)cc1. The molecule has 1 aliphatic heterocycles. The second-order valence-electron chi connectivity index (χ2n) is 8.45. The molecule has 8 nitrogen and oxygen atoms in total. The van der Waals surface area contributed by atoms with Gasteiger partial charge in [0.2, 0.25) is 0 Å². The van der Waals surface area contributed by atoms with Crippen molar-refractivity contribution >= 4 is 50.6 Å². The fourth-order valence-electron chi connectivity index (χ4n) is 3.36. The molecule has 0 atom stereocenters. The van der Waals surface area contributed by atoms with Crippen LogP contribution in [0.25, 0.3) is 15.8 Å². The highest BCUT2D eigenvalue weighted by Gasteiger charge is 2.31. The van der Waals surface area contributed by atoms with E-state index in [9.17, 15) is 14.7 Å². The minimum absolute atomic E-state index is 0.0694. The summed E-state index contributed by atoms with van der Waals surface area (Å²) in [5.74, 6) is -1.08. The summed E-state index contributed by atoms with van der Waals surface area (Å²) in [5, 5.41) is 19.7. The lowest BCUT2D eigenvalue weighted by Crippen LogP contribution is -2.27. The van der Waals surface area contributed by atoms with Gasteiger partial charge in [-0.1, -0.05) is 12.1 Å². The lowest BCUT2D eigenvalue weighted by atomic mass is 10.2. The lowest BCUT2D eigenvalue weighted by Gasteiger charge is -2.19. The molecule has 2 heterocycles. The number of aromatic nitrogens is 1. The molecule has 1 aliphatic rings. The second-order valence-corrected chi connectivity index (χ2v) is 9.48. The van der Waals surface area contributed by atoms with Crippen molar-refractivity contribution in [3.05, 3.63) is 64.9 Å². The van der Waals surface area contributed by atoms with Crippen molar-refractivity contribution in [3.63, 3.8) is 0 Å². The number of nitrogens with one attached hydrogen (secondary N) is 1. The molecule has 0 aliphatic carbocycles. The number of hydrogen-bond acceptors (Lipinski definition) is 8. The van der Waals surface area contributed by atoms with Gasteiger partial charge in [0.1, 0.15) is 22.2 Å². The third-order valence-electron chi connectivity index (χ3n) is 4.77. The smallest absolute Gasteiger partial charge is 0.344 e. The van der Waals surface area contributed by atoms with Gasteiger partial charge >= 0.3 is 11.9 Å². The van der Waals surface area contributed by atoms with E-state index in [1.165, 1.54) is 11.3 Å². The van der Waals surface area contributed by atoms with Gasteiger partial charge in [0.25, 0.3) is 0 Å². The molecule has 0 amide bonds. The van der Waals surface area contributed by atoms with Crippen LogP contribution in [-0.2, 0) is 14.3 Å². The Morgan fingerprint density at radius 2 is 1.85 bits per heavy atom. The van der Waals surface area contributed by atoms with Crippen LogP contribution in [0, 0.1) is 5.41 Å². The molecule has 0 spiro atoms. The van der Waals surface area contributed by atoms with Crippen LogP contribution in [0.4, 0.5) is 5.69 Å². The number of fused-ring (bicyclic) bond motifs is 1. The fourth-order valence-corrected chi connectivity index (χ4v) is 4.39. The number of amidine groups is 1. The summed E-state index contributed by atoms with van der Waals surface area (Å²) in [6, 6.07) is 14.1. The Bertz CT molecular complexity index is 1240. The van der Waals surface area contributed by atoms with Gasteiger partial charge in [0.15, 0.2) is 6.61 Å². The second kappa shape index (κ2) is 8.67. The fraction of sp³-hybridized carbons (Fsp3) is 0.250. The minimum atomic E-state index is -0.658. The molecule has 0 saturated carbocycles. The highest BCUT2D eigenvalue weighted by molar-refractivity contribution is 7.19. The lowest BCUT2D eigenvalue weighted by molar-refractivity contribution is -0.158. The molecule has 4 rings (SSSR count). The van der Waals surface area contributed by atoms with E-state index in [0.29, 0.717) is 16.3 Å². The highest BCUT2D eigenvalue weighted by Crippen LogP contribution is 2.35. The molecule has 33 heavy (non-hydrogen) atoms. The molecule has 170 valence electrons. The number of carbonyl (C=O) groups is 2. The van der Waals surface area contributed by atoms with E-state index in [-0.39, 0.29) is 23.7 Å². The van der Waals surface area contributed by atoms with E-state index < -0.39 is 24.1 Å². The summed E-state index contributed by atoms with van der Waals surface area (Å²) in [4.78, 5) is 30.2. The molecule has 2 N–H and O–H groups in total. The zero-order valence-electron chi connectivity index (χ0n) is 18.4. The molecule has 0 radical (unpaired) electrons. The van der Waals surface area contributed by atoms with Crippen LogP contribution < -0.4 is 4.90 Å². The number of aliphatic hydroxyl groups excluding tert-OH is 1. The van der Waals surface area contributed by atoms with Gasteiger partial charge in [-0.3, -0.25) is 5.41 Å². The van der Waals surface area contributed by atoms with E-state index >= 15 is 0 Å². The van der Waals surface area contributed by atoms with Crippen molar-refractivity contribution < 1.29 is 24.2 Å². The van der Waals surface area contributed by atoms with E-state index in [1.54, 1.807) is 49.9 Å². The van der Waals surface area contributed by atoms with Gasteiger partial charge in [-0.05, 0) is 57.2 Å². The maximum atomic E-state index is 12.2. The van der Waals surface area contributed by atoms with E-state index in [0.717, 1.165) is 10.2 Å². The Labute approximate surface area is 194 Å². The Morgan fingerprint density at radius 3 is 2.52 bits per heavy atom. The van der Waals surface area contributed by atoms with Crippen molar-refractivity contribution in [3.8, 4) is 0 Å². The number of aliphatic hydroxyl groups is 1. The maximum absolute atomic E-state index is 12.2. The molecule has 3 aromatic rings. The van der Waals surface area contributed by atoms with Gasteiger partial charge < -0.3 is 19.5 Å². The average Bonchev–Trinajstić information content (AvgIpc) is 3.30. The molecular formula is C24H23N3O5S. The van der Waals surface area contributed by atoms with Gasteiger partial charge in [0, 0.05) is 5.69 Å². The molecule has 0 bridgehead atoms. The van der Waals surface area contributed by atoms with Crippen molar-refractivity contribution in [2.45, 2.75) is 26.4 Å². The number of para-hydroxylation sites is 1. The summed E-state index contributed by atoms with van der Waals surface area (Å²) >= 11 is 1.42. The normalized spacial score (nSPS) is 14.2. The van der Waals surface area contributed by atoms with Crippen molar-refractivity contribution in [2.24, 2.45) is 0 Å². The third-order valence-corrected chi connectivity index (χ3v) is 5.82. The summed E-state index contributed by atoms with van der Waals surface area (Å²) in [6.07, 6.45) is 0. The van der Waals surface area contributed by atoms with Crippen LogP contribution in [0.15, 0.2) is 54.3 Å². The molecule has 0 fully saturated rings. The monoisotopic (exact) mass is 465 g/mol. The largest absolute Gasteiger partial charge is 0.510 e. The van der Waals surface area contributed by atoms with Gasteiger partial charge in [-0.25, -0.2) is 14.6 Å². The zero-order valence-corrected chi connectivity index (χ0v) is 19.2. The topological polar surface area (TPSA) is 113 Å². The maximum Gasteiger partial charge on any atom is 0.344 e. The number of esters is 2. The number of hydrogen-bond donors (Lipinski definition) is 2. The predicted octanol–water partition coefficient (Wildman–Crippen LogP) is 4.56. The first-order chi connectivity index (χ1) is 15.6. The van der Waals surface area contributed by atoms with Gasteiger partial charge in [-0.2, -0.15) is 0 Å². The van der Waals surface area contributed by atoms with Crippen LogP contribution in [0.1, 0.15) is 36.1 Å². The Kier molecular flexibility index (Phi) is 5.90. The summed E-state index contributed by atoms with van der Waals surface area (Å²) < 4.78 is 11.1.